The largest absolute Gasteiger partial charge is 0.462 e. The summed E-state index contributed by atoms with van der Waals surface area (Å²) in [6.07, 6.45) is 0. The zero-order chi connectivity index (χ0) is 26.5. The number of aryl methyl sites for hydroxylation is 1. The van der Waals surface area contributed by atoms with Crippen LogP contribution in [0.4, 0.5) is 20.2 Å². The maximum Gasteiger partial charge on any atom is 0.348 e. The maximum atomic E-state index is 12.8. The van der Waals surface area contributed by atoms with Gasteiger partial charge in [0.05, 0.1) is 23.2 Å². The highest BCUT2D eigenvalue weighted by Gasteiger charge is 2.21. The van der Waals surface area contributed by atoms with Gasteiger partial charge in [-0.05, 0) is 55.8 Å². The van der Waals surface area contributed by atoms with Gasteiger partial charge >= 0.3 is 11.9 Å². The number of nitrogens with zero attached hydrogens (tertiary/aromatic N) is 1. The molecule has 0 radical (unpaired) electrons. The Labute approximate surface area is 218 Å². The molecule has 4 rings (SSSR count). The molecule has 2 aromatic carbocycles. The number of aromatic amines is 1. The minimum Gasteiger partial charge on any atom is -0.462 e. The van der Waals surface area contributed by atoms with Gasteiger partial charge < -0.3 is 19.8 Å². The molecule has 12 heteroatoms. The monoisotopic (exact) mass is 545 g/mol. The van der Waals surface area contributed by atoms with E-state index in [0.717, 1.165) is 11.3 Å². The van der Waals surface area contributed by atoms with E-state index >= 15 is 0 Å². The molecule has 0 unspecified atom stereocenters. The summed E-state index contributed by atoms with van der Waals surface area (Å²) in [5, 5.41) is 3.37. The average molecular weight is 546 g/mol. The third kappa shape index (κ3) is 6.15. The Morgan fingerprint density at radius 3 is 2.54 bits per heavy atom. The number of hydrogen-bond acceptors (Lipinski definition) is 9. The number of aromatic nitrogens is 2. The van der Waals surface area contributed by atoms with Crippen molar-refractivity contribution in [2.24, 2.45) is 0 Å². The molecule has 0 saturated heterocycles. The van der Waals surface area contributed by atoms with Gasteiger partial charge in [0.2, 0.25) is 0 Å². The molecule has 2 N–H and O–H groups in total. The molecule has 2 aromatic heterocycles. The molecule has 4 aromatic rings. The lowest BCUT2D eigenvalue weighted by Crippen LogP contribution is -2.15. The minimum atomic E-state index is -2.51. The Kier molecular flexibility index (Phi) is 8.19. The van der Waals surface area contributed by atoms with Crippen molar-refractivity contribution in [1.82, 2.24) is 9.97 Å². The summed E-state index contributed by atoms with van der Waals surface area (Å²) in [5.41, 5.74) is 1.31. The topological polar surface area (TPSA) is 110 Å². The van der Waals surface area contributed by atoms with Crippen LogP contribution in [0.3, 0.4) is 0 Å². The second-order valence-electron chi connectivity index (χ2n) is 7.62. The number of ether oxygens (including phenoxy) is 2. The first-order valence-electron chi connectivity index (χ1n) is 11.0. The van der Waals surface area contributed by atoms with Gasteiger partial charge in [0.25, 0.3) is 11.3 Å². The Balaban J connectivity index is 1.49. The number of nitrogens with one attached hydrogen (secondary N) is 2. The van der Waals surface area contributed by atoms with Crippen LogP contribution in [0.15, 0.2) is 58.2 Å². The summed E-state index contributed by atoms with van der Waals surface area (Å²) in [5.74, 6) is -3.57. The van der Waals surface area contributed by atoms with E-state index in [-0.39, 0.29) is 30.0 Å². The molecule has 0 saturated carbocycles. The molecular weight excluding hydrogens is 524 g/mol. The molecule has 192 valence electrons. The predicted octanol–water partition coefficient (Wildman–Crippen LogP) is 5.89. The van der Waals surface area contributed by atoms with Gasteiger partial charge in [-0.2, -0.15) is 8.78 Å². The Hall–Kier alpha value is -3.77. The number of para-hydroxylation sites is 1. The number of halogens is 2. The number of benzene rings is 2. The summed E-state index contributed by atoms with van der Waals surface area (Å²) in [7, 11) is 0. The van der Waals surface area contributed by atoms with Crippen LogP contribution in [0, 0.1) is 6.92 Å². The molecule has 0 aliphatic carbocycles. The second kappa shape index (κ2) is 11.5. The van der Waals surface area contributed by atoms with Crippen LogP contribution in [0.5, 0.6) is 0 Å². The second-order valence-corrected chi connectivity index (χ2v) is 9.68. The van der Waals surface area contributed by atoms with Gasteiger partial charge in [-0.1, -0.05) is 23.9 Å². The van der Waals surface area contributed by atoms with Crippen LogP contribution in [0.2, 0.25) is 0 Å². The first kappa shape index (κ1) is 26.3. The number of carbonyl (C=O) groups is 2. The van der Waals surface area contributed by atoms with E-state index in [1.165, 1.54) is 0 Å². The lowest BCUT2D eigenvalue weighted by molar-refractivity contribution is 0.0462. The molecule has 0 amide bonds. The van der Waals surface area contributed by atoms with Crippen LogP contribution >= 0.6 is 23.1 Å². The first-order chi connectivity index (χ1) is 17.8. The minimum absolute atomic E-state index is 0.125. The van der Waals surface area contributed by atoms with E-state index < -0.39 is 23.3 Å². The number of alkyl halides is 2. The number of thiophene rings is 1. The third-order valence-corrected chi connectivity index (χ3v) is 7.04. The molecule has 0 fully saturated rings. The number of thioether (sulfide) groups is 1. The van der Waals surface area contributed by atoms with Gasteiger partial charge in [-0.25, -0.2) is 14.6 Å². The van der Waals surface area contributed by atoms with Crippen LogP contribution in [-0.2, 0) is 16.1 Å². The van der Waals surface area contributed by atoms with E-state index in [9.17, 15) is 23.2 Å². The average Bonchev–Trinajstić information content (AvgIpc) is 3.20. The van der Waals surface area contributed by atoms with Crippen molar-refractivity contribution in [2.45, 2.75) is 31.1 Å². The summed E-state index contributed by atoms with van der Waals surface area (Å²) < 4.78 is 35.5. The third-order valence-electron chi connectivity index (χ3n) is 5.16. The van der Waals surface area contributed by atoms with E-state index in [1.807, 2.05) is 0 Å². The Morgan fingerprint density at radius 2 is 1.84 bits per heavy atom. The fourth-order valence-electron chi connectivity index (χ4n) is 3.51. The highest BCUT2D eigenvalue weighted by atomic mass is 32.2. The van der Waals surface area contributed by atoms with Crippen molar-refractivity contribution < 1.29 is 27.8 Å². The molecular formula is C25H21F2N3O5S2. The quantitative estimate of drug-likeness (QED) is 0.198. The molecule has 0 spiro atoms. The number of H-pyrrole nitrogens is 1. The van der Waals surface area contributed by atoms with E-state index in [4.69, 9.17) is 9.47 Å². The van der Waals surface area contributed by atoms with Gasteiger partial charge in [-0.15, -0.1) is 11.3 Å². The SMILES string of the molecule is CCOC(=O)c1sc2nc(COC(=O)c3ccccc3Nc3ccc(SC(F)F)cc3)[nH]c(=O)c2c1C. The van der Waals surface area contributed by atoms with E-state index in [0.29, 0.717) is 43.3 Å². The zero-order valence-corrected chi connectivity index (χ0v) is 21.3. The van der Waals surface area contributed by atoms with Gasteiger partial charge in [0.15, 0.2) is 0 Å². The summed E-state index contributed by atoms with van der Waals surface area (Å²) >= 11 is 1.48. The number of rotatable bonds is 9. The number of hydrogen-bond donors (Lipinski definition) is 2. The standard InChI is InChI=1S/C25H21F2N3O5S2/c1-3-34-24(33)20-13(2)19-21(31)29-18(30-22(19)37-20)12-35-23(32)16-6-4-5-7-17(16)28-14-8-10-15(11-9-14)36-25(26)27/h4-11,25,28H,3,12H2,1-2H3,(H,29,30,31). The number of carbonyl (C=O) groups excluding carboxylic acids is 2. The Morgan fingerprint density at radius 1 is 1.11 bits per heavy atom. The van der Waals surface area contributed by atoms with Crippen molar-refractivity contribution >= 4 is 56.6 Å². The molecule has 0 bridgehead atoms. The van der Waals surface area contributed by atoms with Crippen LogP contribution < -0.4 is 10.9 Å². The number of fused-ring (bicyclic) bond motifs is 1. The van der Waals surface area contributed by atoms with Gasteiger partial charge in [-0.3, -0.25) is 4.79 Å². The maximum absolute atomic E-state index is 12.8. The zero-order valence-electron chi connectivity index (χ0n) is 19.7. The summed E-state index contributed by atoms with van der Waals surface area (Å²) in [4.78, 5) is 45.6. The molecule has 0 aliphatic rings. The van der Waals surface area contributed by atoms with E-state index in [2.05, 4.69) is 15.3 Å². The van der Waals surface area contributed by atoms with E-state index in [1.54, 1.807) is 62.4 Å². The highest BCUT2D eigenvalue weighted by Crippen LogP contribution is 2.29. The fourth-order valence-corrected chi connectivity index (χ4v) is 5.10. The molecule has 37 heavy (non-hydrogen) atoms. The van der Waals surface area contributed by atoms with Gasteiger partial charge in [0.1, 0.15) is 22.1 Å². The van der Waals surface area contributed by atoms with Crippen LogP contribution in [0.1, 0.15) is 38.3 Å². The Bertz CT molecular complexity index is 1500. The molecule has 0 atom stereocenters. The normalized spacial score (nSPS) is 11.1. The van der Waals surface area contributed by atoms with Gasteiger partial charge in [0, 0.05) is 10.6 Å². The van der Waals surface area contributed by atoms with Crippen LogP contribution in [-0.4, -0.2) is 34.3 Å². The van der Waals surface area contributed by atoms with Crippen molar-refractivity contribution in [3.05, 3.63) is 80.7 Å². The summed E-state index contributed by atoms with van der Waals surface area (Å²) in [6.45, 7) is 3.24. The van der Waals surface area contributed by atoms with Crippen LogP contribution in [0.25, 0.3) is 10.2 Å². The predicted molar refractivity (Wildman–Crippen MR) is 138 cm³/mol. The highest BCUT2D eigenvalue weighted by molar-refractivity contribution is 7.99. The fraction of sp³-hybridized carbons (Fsp3) is 0.200. The number of esters is 2. The molecule has 0 aliphatic heterocycles. The molecule has 2 heterocycles. The molecule has 8 nitrogen and oxygen atoms in total. The lowest BCUT2D eigenvalue weighted by Gasteiger charge is -2.12. The van der Waals surface area contributed by atoms with Crippen molar-refractivity contribution in [3.63, 3.8) is 0 Å². The summed E-state index contributed by atoms with van der Waals surface area (Å²) in [6, 6.07) is 13.0. The van der Waals surface area contributed by atoms with Crippen molar-refractivity contribution in [3.8, 4) is 0 Å². The van der Waals surface area contributed by atoms with Crippen molar-refractivity contribution in [1.29, 1.82) is 0 Å². The van der Waals surface area contributed by atoms with Crippen molar-refractivity contribution in [2.75, 3.05) is 11.9 Å². The number of anilines is 2. The first-order valence-corrected chi connectivity index (χ1v) is 12.7. The smallest absolute Gasteiger partial charge is 0.348 e. The lowest BCUT2D eigenvalue weighted by atomic mass is 10.1.